The smallest absolute Gasteiger partial charge is 0.244 e. The van der Waals surface area contributed by atoms with E-state index < -0.39 is 0 Å². The number of methoxy groups -OCH3 is 2. The van der Waals surface area contributed by atoms with E-state index in [-0.39, 0.29) is 11.7 Å². The fraction of sp³-hybridized carbons (Fsp3) is 0.250. The van der Waals surface area contributed by atoms with E-state index in [4.69, 9.17) is 9.47 Å². The van der Waals surface area contributed by atoms with E-state index in [0.29, 0.717) is 35.1 Å². The lowest BCUT2D eigenvalue weighted by Gasteiger charge is -2.09. The number of rotatable bonds is 9. The number of thioether (sulfide) groups is 1. The average molecular weight is 375 g/mol. The van der Waals surface area contributed by atoms with Gasteiger partial charge in [0.1, 0.15) is 5.82 Å². The maximum atomic E-state index is 13.5. The van der Waals surface area contributed by atoms with Crippen LogP contribution >= 0.6 is 11.8 Å². The molecule has 0 spiro atoms. The molecule has 2 rings (SSSR count). The number of benzene rings is 2. The number of hydrogen-bond acceptors (Lipinski definition) is 4. The summed E-state index contributed by atoms with van der Waals surface area (Å²) < 4.78 is 24.0. The molecule has 138 valence electrons. The molecule has 0 radical (unpaired) electrons. The van der Waals surface area contributed by atoms with Gasteiger partial charge in [-0.1, -0.05) is 30.3 Å². The number of amides is 1. The van der Waals surface area contributed by atoms with Crippen LogP contribution < -0.4 is 14.8 Å². The molecule has 0 heterocycles. The van der Waals surface area contributed by atoms with Crippen molar-refractivity contribution in [1.82, 2.24) is 5.32 Å². The first kappa shape index (κ1) is 19.8. The highest BCUT2D eigenvalue weighted by molar-refractivity contribution is 7.98. The molecule has 26 heavy (non-hydrogen) atoms. The Hall–Kier alpha value is -2.47. The normalized spacial score (nSPS) is 10.7. The summed E-state index contributed by atoms with van der Waals surface area (Å²) in [5, 5.41) is 2.81. The summed E-state index contributed by atoms with van der Waals surface area (Å²) in [7, 11) is 3.12. The van der Waals surface area contributed by atoms with Crippen molar-refractivity contribution in [2.24, 2.45) is 0 Å². The third-order valence-electron chi connectivity index (χ3n) is 3.61. The number of hydrogen-bond donors (Lipinski definition) is 1. The van der Waals surface area contributed by atoms with E-state index in [1.165, 1.54) is 12.1 Å². The first-order valence-electron chi connectivity index (χ1n) is 8.13. The van der Waals surface area contributed by atoms with Crippen molar-refractivity contribution >= 4 is 23.7 Å². The number of halogens is 1. The minimum Gasteiger partial charge on any atom is -0.493 e. The Balaban J connectivity index is 1.77. The summed E-state index contributed by atoms with van der Waals surface area (Å²) in [5.41, 5.74) is 1.43. The van der Waals surface area contributed by atoms with Crippen molar-refractivity contribution in [3.8, 4) is 11.5 Å². The second-order valence-electron chi connectivity index (χ2n) is 5.35. The van der Waals surface area contributed by atoms with Crippen molar-refractivity contribution in [1.29, 1.82) is 0 Å². The first-order valence-corrected chi connectivity index (χ1v) is 9.29. The van der Waals surface area contributed by atoms with Gasteiger partial charge in [-0.3, -0.25) is 4.79 Å². The number of ether oxygens (including phenoxy) is 2. The van der Waals surface area contributed by atoms with Crippen molar-refractivity contribution < 1.29 is 18.7 Å². The molecule has 1 amide bonds. The molecule has 2 aromatic carbocycles. The van der Waals surface area contributed by atoms with Crippen LogP contribution in [0.4, 0.5) is 4.39 Å². The average Bonchev–Trinajstić information content (AvgIpc) is 2.66. The molecule has 4 nitrogen and oxygen atoms in total. The first-order chi connectivity index (χ1) is 12.7. The zero-order chi connectivity index (χ0) is 18.8. The zero-order valence-electron chi connectivity index (χ0n) is 14.8. The van der Waals surface area contributed by atoms with E-state index in [1.807, 2.05) is 18.2 Å². The van der Waals surface area contributed by atoms with E-state index in [2.05, 4.69) is 5.32 Å². The molecule has 0 aliphatic carbocycles. The van der Waals surface area contributed by atoms with Crippen LogP contribution in [0.3, 0.4) is 0 Å². The third kappa shape index (κ3) is 5.81. The second-order valence-corrected chi connectivity index (χ2v) is 6.46. The van der Waals surface area contributed by atoms with Crippen LogP contribution in [0.5, 0.6) is 11.5 Å². The highest BCUT2D eigenvalue weighted by Crippen LogP contribution is 2.31. The van der Waals surface area contributed by atoms with Crippen LogP contribution in [0.25, 0.3) is 6.08 Å². The molecule has 0 saturated heterocycles. The summed E-state index contributed by atoms with van der Waals surface area (Å²) in [6.07, 6.45) is 3.14. The van der Waals surface area contributed by atoms with E-state index in [0.717, 1.165) is 5.56 Å². The van der Waals surface area contributed by atoms with Crippen LogP contribution in [0.1, 0.15) is 11.1 Å². The van der Waals surface area contributed by atoms with Crippen LogP contribution in [-0.2, 0) is 10.5 Å². The molecule has 0 saturated carbocycles. The Morgan fingerprint density at radius 3 is 2.69 bits per heavy atom. The quantitative estimate of drug-likeness (QED) is 0.533. The van der Waals surface area contributed by atoms with Gasteiger partial charge >= 0.3 is 0 Å². The monoisotopic (exact) mass is 375 g/mol. The Bertz CT molecular complexity index is 764. The van der Waals surface area contributed by atoms with Crippen LogP contribution in [0, 0.1) is 5.82 Å². The molecule has 2 aromatic rings. The predicted molar refractivity (Wildman–Crippen MR) is 104 cm³/mol. The second kappa shape index (κ2) is 10.5. The van der Waals surface area contributed by atoms with E-state index >= 15 is 0 Å². The molecule has 0 aliphatic rings. The van der Waals surface area contributed by atoms with Gasteiger partial charge in [-0.05, 0) is 23.8 Å². The number of carbonyl (C=O) groups is 1. The van der Waals surface area contributed by atoms with E-state index in [1.54, 1.807) is 50.3 Å². The lowest BCUT2D eigenvalue weighted by Crippen LogP contribution is -2.23. The molecule has 0 atom stereocenters. The van der Waals surface area contributed by atoms with Crippen LogP contribution in [0.2, 0.25) is 0 Å². The summed E-state index contributed by atoms with van der Waals surface area (Å²) >= 11 is 1.57. The molecule has 0 fully saturated rings. The fourth-order valence-electron chi connectivity index (χ4n) is 2.31. The summed E-state index contributed by atoms with van der Waals surface area (Å²) in [6.45, 7) is 0.511. The summed E-state index contributed by atoms with van der Waals surface area (Å²) in [6, 6.07) is 12.2. The number of para-hydroxylation sites is 1. The van der Waals surface area contributed by atoms with Crippen molar-refractivity contribution in [2.75, 3.05) is 26.5 Å². The summed E-state index contributed by atoms with van der Waals surface area (Å²) in [4.78, 5) is 11.9. The van der Waals surface area contributed by atoms with Gasteiger partial charge in [0.15, 0.2) is 11.5 Å². The SMILES string of the molecule is COc1cccc(/C=C/C(=O)NCCSCc2ccccc2F)c1OC. The molecule has 6 heteroatoms. The number of nitrogens with one attached hydrogen (secondary N) is 1. The third-order valence-corrected chi connectivity index (χ3v) is 4.62. The maximum absolute atomic E-state index is 13.5. The standard InChI is InChI=1S/C20H22FNO3S/c1-24-18-9-5-7-15(20(18)25-2)10-11-19(23)22-12-13-26-14-16-6-3-4-8-17(16)21/h3-11H,12-14H2,1-2H3,(H,22,23)/b11-10+. The molecule has 0 unspecified atom stereocenters. The van der Waals surface area contributed by atoms with Gasteiger partial charge < -0.3 is 14.8 Å². The lowest BCUT2D eigenvalue weighted by molar-refractivity contribution is -0.116. The van der Waals surface area contributed by atoms with Gasteiger partial charge in [-0.25, -0.2) is 4.39 Å². The summed E-state index contributed by atoms with van der Waals surface area (Å²) in [5.74, 6) is 2.09. The van der Waals surface area contributed by atoms with Crippen molar-refractivity contribution in [3.05, 3.63) is 65.5 Å². The highest BCUT2D eigenvalue weighted by atomic mass is 32.2. The van der Waals surface area contributed by atoms with Gasteiger partial charge in [0, 0.05) is 29.7 Å². The number of carbonyl (C=O) groups excluding carboxylic acids is 1. The van der Waals surface area contributed by atoms with Crippen LogP contribution in [0.15, 0.2) is 48.5 Å². The van der Waals surface area contributed by atoms with Gasteiger partial charge in [0.2, 0.25) is 5.91 Å². The Labute approximate surface area is 157 Å². The van der Waals surface area contributed by atoms with Crippen molar-refractivity contribution in [3.63, 3.8) is 0 Å². The minimum absolute atomic E-state index is 0.193. The zero-order valence-corrected chi connectivity index (χ0v) is 15.6. The largest absolute Gasteiger partial charge is 0.493 e. The van der Waals surface area contributed by atoms with Crippen molar-refractivity contribution in [2.45, 2.75) is 5.75 Å². The predicted octanol–water partition coefficient (Wildman–Crippen LogP) is 3.91. The Kier molecular flexibility index (Phi) is 8.02. The van der Waals surface area contributed by atoms with Gasteiger partial charge in [0.25, 0.3) is 0 Å². The Morgan fingerprint density at radius 1 is 1.15 bits per heavy atom. The van der Waals surface area contributed by atoms with Gasteiger partial charge in [-0.15, -0.1) is 0 Å². The van der Waals surface area contributed by atoms with Gasteiger partial charge in [0.05, 0.1) is 14.2 Å². The van der Waals surface area contributed by atoms with E-state index in [9.17, 15) is 9.18 Å². The molecular weight excluding hydrogens is 353 g/mol. The topological polar surface area (TPSA) is 47.6 Å². The molecule has 0 aliphatic heterocycles. The van der Waals surface area contributed by atoms with Crippen LogP contribution in [-0.4, -0.2) is 32.4 Å². The molecule has 0 aromatic heterocycles. The lowest BCUT2D eigenvalue weighted by atomic mass is 10.1. The molecular formula is C20H22FNO3S. The molecule has 1 N–H and O–H groups in total. The molecule has 0 bridgehead atoms. The van der Waals surface area contributed by atoms with Gasteiger partial charge in [-0.2, -0.15) is 11.8 Å². The highest BCUT2D eigenvalue weighted by Gasteiger charge is 2.07. The maximum Gasteiger partial charge on any atom is 0.244 e. The Morgan fingerprint density at radius 2 is 1.96 bits per heavy atom. The minimum atomic E-state index is -0.195. The fourth-order valence-corrected chi connectivity index (χ4v) is 3.16.